The number of hydrogen-bond acceptors (Lipinski definition) is 2. The van der Waals surface area contributed by atoms with E-state index in [1.54, 1.807) is 0 Å². The monoisotopic (exact) mass is 250 g/mol. The first-order valence-corrected chi connectivity index (χ1v) is 8.27. The lowest BCUT2D eigenvalue weighted by molar-refractivity contribution is 0.201. The van der Waals surface area contributed by atoms with Gasteiger partial charge in [0.1, 0.15) is 0 Å². The molecule has 0 aromatic rings. The van der Waals surface area contributed by atoms with E-state index >= 15 is 0 Å². The van der Waals surface area contributed by atoms with Gasteiger partial charge >= 0.3 is 0 Å². The molecule has 0 aromatic carbocycles. The summed E-state index contributed by atoms with van der Waals surface area (Å²) >= 11 is 0. The first-order valence-electron chi connectivity index (χ1n) is 8.27. The maximum absolute atomic E-state index is 3.57. The van der Waals surface area contributed by atoms with Gasteiger partial charge in [0.05, 0.1) is 0 Å². The maximum atomic E-state index is 3.57. The summed E-state index contributed by atoms with van der Waals surface area (Å²) in [7, 11) is 0. The molecule has 2 saturated carbocycles. The van der Waals surface area contributed by atoms with Gasteiger partial charge < -0.3 is 10.2 Å². The van der Waals surface area contributed by atoms with Gasteiger partial charge in [-0.3, -0.25) is 0 Å². The van der Waals surface area contributed by atoms with E-state index in [0.29, 0.717) is 0 Å². The lowest BCUT2D eigenvalue weighted by atomic mass is 9.85. The number of nitrogens with zero attached hydrogens (tertiary/aromatic N) is 1. The summed E-state index contributed by atoms with van der Waals surface area (Å²) in [5.74, 6) is 2.93. The molecule has 2 heteroatoms. The standard InChI is InChI=1S/C16H30N2/c1-13(15-3-2-9-17-11-15)8-10-18(16-6-7-16)12-14-4-5-14/h13-17H,2-12H2,1H3. The lowest BCUT2D eigenvalue weighted by Crippen LogP contribution is -2.36. The molecule has 2 unspecified atom stereocenters. The number of nitrogens with one attached hydrogen (secondary N) is 1. The Bertz CT molecular complexity index is 252. The van der Waals surface area contributed by atoms with Crippen molar-refractivity contribution in [3.63, 3.8) is 0 Å². The minimum absolute atomic E-state index is 0.915. The van der Waals surface area contributed by atoms with Crippen LogP contribution < -0.4 is 5.32 Å². The molecule has 2 atom stereocenters. The zero-order chi connectivity index (χ0) is 12.4. The fourth-order valence-corrected chi connectivity index (χ4v) is 3.46. The van der Waals surface area contributed by atoms with Crippen molar-refractivity contribution >= 4 is 0 Å². The molecule has 0 aromatic heterocycles. The maximum Gasteiger partial charge on any atom is 0.00965 e. The molecule has 0 bridgehead atoms. The van der Waals surface area contributed by atoms with Crippen molar-refractivity contribution in [2.45, 2.75) is 57.9 Å². The molecule has 0 spiro atoms. The van der Waals surface area contributed by atoms with Crippen LogP contribution in [0.5, 0.6) is 0 Å². The van der Waals surface area contributed by atoms with Crippen LogP contribution in [-0.4, -0.2) is 37.1 Å². The van der Waals surface area contributed by atoms with Crippen LogP contribution in [0.15, 0.2) is 0 Å². The van der Waals surface area contributed by atoms with Crippen LogP contribution in [0.4, 0.5) is 0 Å². The molecule has 0 radical (unpaired) electrons. The molecule has 2 nitrogen and oxygen atoms in total. The van der Waals surface area contributed by atoms with Crippen LogP contribution in [0, 0.1) is 17.8 Å². The second-order valence-electron chi connectivity index (χ2n) is 7.04. The Morgan fingerprint density at radius 1 is 1.17 bits per heavy atom. The van der Waals surface area contributed by atoms with E-state index in [1.165, 1.54) is 71.1 Å². The minimum atomic E-state index is 0.915. The van der Waals surface area contributed by atoms with E-state index < -0.39 is 0 Å². The SMILES string of the molecule is CC(CCN(CC1CC1)C1CC1)C1CCCNC1. The summed E-state index contributed by atoms with van der Waals surface area (Å²) in [5, 5.41) is 3.57. The van der Waals surface area contributed by atoms with Crippen LogP contribution in [0.3, 0.4) is 0 Å². The van der Waals surface area contributed by atoms with Crippen molar-refractivity contribution < 1.29 is 0 Å². The van der Waals surface area contributed by atoms with E-state index in [4.69, 9.17) is 0 Å². The summed E-state index contributed by atoms with van der Waals surface area (Å²) in [4.78, 5) is 2.82. The predicted octanol–water partition coefficient (Wildman–Crippen LogP) is 2.89. The molecular weight excluding hydrogens is 220 g/mol. The van der Waals surface area contributed by atoms with Gasteiger partial charge in [-0.25, -0.2) is 0 Å². The third-order valence-corrected chi connectivity index (χ3v) is 5.26. The Labute approximate surface area is 113 Å². The van der Waals surface area contributed by atoms with Gasteiger partial charge in [-0.1, -0.05) is 6.92 Å². The van der Waals surface area contributed by atoms with E-state index in [0.717, 1.165) is 23.8 Å². The fourth-order valence-electron chi connectivity index (χ4n) is 3.46. The molecule has 1 aliphatic heterocycles. The molecule has 104 valence electrons. The lowest BCUT2D eigenvalue weighted by Gasteiger charge is -2.30. The molecule has 2 aliphatic carbocycles. The van der Waals surface area contributed by atoms with Crippen LogP contribution in [0.2, 0.25) is 0 Å². The van der Waals surface area contributed by atoms with Gasteiger partial charge in [0.2, 0.25) is 0 Å². The number of hydrogen-bond donors (Lipinski definition) is 1. The Morgan fingerprint density at radius 3 is 2.61 bits per heavy atom. The minimum Gasteiger partial charge on any atom is -0.316 e. The molecular formula is C16H30N2. The van der Waals surface area contributed by atoms with Crippen molar-refractivity contribution in [3.8, 4) is 0 Å². The van der Waals surface area contributed by atoms with Crippen molar-refractivity contribution in [2.75, 3.05) is 26.2 Å². The zero-order valence-corrected chi connectivity index (χ0v) is 12.0. The predicted molar refractivity (Wildman–Crippen MR) is 76.7 cm³/mol. The van der Waals surface area contributed by atoms with Gasteiger partial charge in [0.25, 0.3) is 0 Å². The second-order valence-corrected chi connectivity index (χ2v) is 7.04. The summed E-state index contributed by atoms with van der Waals surface area (Å²) in [6.07, 6.45) is 10.2. The van der Waals surface area contributed by atoms with Crippen LogP contribution in [-0.2, 0) is 0 Å². The smallest absolute Gasteiger partial charge is 0.00965 e. The van der Waals surface area contributed by atoms with Gasteiger partial charge in [0.15, 0.2) is 0 Å². The van der Waals surface area contributed by atoms with E-state index in [1.807, 2.05) is 0 Å². The number of rotatable bonds is 7. The summed E-state index contributed by atoms with van der Waals surface area (Å²) in [6, 6.07) is 0.974. The molecule has 18 heavy (non-hydrogen) atoms. The third-order valence-electron chi connectivity index (χ3n) is 5.26. The van der Waals surface area contributed by atoms with E-state index in [-0.39, 0.29) is 0 Å². The first-order chi connectivity index (χ1) is 8.83. The third kappa shape index (κ3) is 3.71. The Hall–Kier alpha value is -0.0800. The molecule has 3 aliphatic rings. The number of piperidine rings is 1. The highest BCUT2D eigenvalue weighted by Gasteiger charge is 2.33. The van der Waals surface area contributed by atoms with Crippen molar-refractivity contribution in [1.29, 1.82) is 0 Å². The second kappa shape index (κ2) is 5.92. The van der Waals surface area contributed by atoms with Gasteiger partial charge in [-0.05, 0) is 82.3 Å². The normalized spacial score (nSPS) is 30.7. The Kier molecular flexibility index (Phi) is 4.25. The molecule has 1 saturated heterocycles. The van der Waals surface area contributed by atoms with E-state index in [2.05, 4.69) is 17.1 Å². The molecule has 1 heterocycles. The first kappa shape index (κ1) is 12.9. The molecule has 3 fully saturated rings. The zero-order valence-electron chi connectivity index (χ0n) is 12.0. The molecule has 3 rings (SSSR count). The van der Waals surface area contributed by atoms with Crippen LogP contribution in [0.25, 0.3) is 0 Å². The largest absolute Gasteiger partial charge is 0.316 e. The topological polar surface area (TPSA) is 15.3 Å². The summed E-state index contributed by atoms with van der Waals surface area (Å²) in [5.41, 5.74) is 0. The van der Waals surface area contributed by atoms with Gasteiger partial charge in [-0.2, -0.15) is 0 Å². The quantitative estimate of drug-likeness (QED) is 0.747. The van der Waals surface area contributed by atoms with Gasteiger partial charge in [-0.15, -0.1) is 0 Å². The Balaban J connectivity index is 1.40. The van der Waals surface area contributed by atoms with Crippen molar-refractivity contribution in [2.24, 2.45) is 17.8 Å². The molecule has 1 N–H and O–H groups in total. The molecule has 0 amide bonds. The van der Waals surface area contributed by atoms with Crippen molar-refractivity contribution in [1.82, 2.24) is 10.2 Å². The average Bonchev–Trinajstić information content (AvgIpc) is 3.28. The van der Waals surface area contributed by atoms with Crippen LogP contribution >= 0.6 is 0 Å². The fraction of sp³-hybridized carbons (Fsp3) is 1.00. The Morgan fingerprint density at radius 2 is 2.00 bits per heavy atom. The average molecular weight is 250 g/mol. The van der Waals surface area contributed by atoms with Crippen molar-refractivity contribution in [3.05, 3.63) is 0 Å². The van der Waals surface area contributed by atoms with E-state index in [9.17, 15) is 0 Å². The summed E-state index contributed by atoms with van der Waals surface area (Å²) in [6.45, 7) is 7.80. The van der Waals surface area contributed by atoms with Gasteiger partial charge in [0, 0.05) is 12.6 Å². The highest BCUT2D eigenvalue weighted by Crippen LogP contribution is 2.35. The van der Waals surface area contributed by atoms with Crippen LogP contribution in [0.1, 0.15) is 51.9 Å². The highest BCUT2D eigenvalue weighted by molar-refractivity contribution is 4.88. The summed E-state index contributed by atoms with van der Waals surface area (Å²) < 4.78 is 0. The highest BCUT2D eigenvalue weighted by atomic mass is 15.2.